The van der Waals surface area contributed by atoms with E-state index in [2.05, 4.69) is 9.98 Å². The average Bonchev–Trinajstić information content (AvgIpc) is 2.60. The van der Waals surface area contributed by atoms with E-state index in [1.807, 2.05) is 31.2 Å². The highest BCUT2D eigenvalue weighted by Crippen LogP contribution is 2.27. The Morgan fingerprint density at radius 3 is 3.14 bits per heavy atom. The van der Waals surface area contributed by atoms with Gasteiger partial charge >= 0.3 is 0 Å². The zero-order valence-corrected chi connectivity index (χ0v) is 8.62. The molecule has 0 radical (unpaired) electrons. The van der Waals surface area contributed by atoms with Gasteiger partial charge in [-0.1, -0.05) is 23.5 Å². The molecule has 0 fully saturated rings. The summed E-state index contributed by atoms with van der Waals surface area (Å²) < 4.78 is 6.16. The maximum Gasteiger partial charge on any atom is 0.213 e. The van der Waals surface area contributed by atoms with Gasteiger partial charge in [0, 0.05) is 0 Å². The number of para-hydroxylation sites is 1. The van der Waals surface area contributed by atoms with Crippen molar-refractivity contribution in [2.24, 2.45) is 4.99 Å². The normalized spacial score (nSPS) is 11.2. The van der Waals surface area contributed by atoms with Gasteiger partial charge in [0.1, 0.15) is 0 Å². The maximum atomic E-state index is 5.01. The first-order chi connectivity index (χ1) is 6.90. The first-order valence-corrected chi connectivity index (χ1v) is 5.21. The van der Waals surface area contributed by atoms with Gasteiger partial charge in [-0.3, -0.25) is 0 Å². The Kier molecular flexibility index (Phi) is 2.74. The Hall–Kier alpha value is -1.42. The van der Waals surface area contributed by atoms with Crippen molar-refractivity contribution in [3.05, 3.63) is 24.3 Å². The number of ether oxygens (including phenoxy) is 1. The second-order valence-corrected chi connectivity index (χ2v) is 3.66. The molecule has 72 valence electrons. The molecule has 0 N–H and O–H groups in total. The van der Waals surface area contributed by atoms with Gasteiger partial charge in [0.15, 0.2) is 6.40 Å². The molecule has 0 amide bonds. The number of aromatic nitrogens is 1. The summed E-state index contributed by atoms with van der Waals surface area (Å²) in [6, 6.07) is 7.98. The summed E-state index contributed by atoms with van der Waals surface area (Å²) in [5.74, 6) is 0. The Morgan fingerprint density at radius 1 is 1.50 bits per heavy atom. The standard InChI is InChI=1S/C10H10N2OS/c1-2-13-7-11-10-12-8-5-3-4-6-9(8)14-10/h3-7H,2H2,1H3/b11-7+. The molecule has 0 unspecified atom stereocenters. The summed E-state index contributed by atoms with van der Waals surface area (Å²) in [4.78, 5) is 8.42. The SMILES string of the molecule is CCO/C=N/c1nc2ccccc2s1. The summed E-state index contributed by atoms with van der Waals surface area (Å²) in [7, 11) is 0. The fraction of sp³-hybridized carbons (Fsp3) is 0.200. The Balaban J connectivity index is 2.27. The summed E-state index contributed by atoms with van der Waals surface area (Å²) in [6.07, 6.45) is 1.44. The van der Waals surface area contributed by atoms with E-state index < -0.39 is 0 Å². The van der Waals surface area contributed by atoms with Crippen molar-refractivity contribution in [2.45, 2.75) is 6.92 Å². The van der Waals surface area contributed by atoms with Crippen LogP contribution in [0.2, 0.25) is 0 Å². The van der Waals surface area contributed by atoms with Crippen LogP contribution in [0.1, 0.15) is 6.92 Å². The lowest BCUT2D eigenvalue weighted by Crippen LogP contribution is -1.82. The smallest absolute Gasteiger partial charge is 0.213 e. The molecule has 0 saturated heterocycles. The minimum atomic E-state index is 0.633. The molecule has 2 rings (SSSR count). The Labute approximate surface area is 86.1 Å². The first kappa shape index (κ1) is 9.15. The van der Waals surface area contributed by atoms with Gasteiger partial charge in [-0.05, 0) is 19.1 Å². The van der Waals surface area contributed by atoms with Crippen molar-refractivity contribution < 1.29 is 4.74 Å². The highest BCUT2D eigenvalue weighted by Gasteiger charge is 1.99. The van der Waals surface area contributed by atoms with Crippen LogP contribution in [0, 0.1) is 0 Å². The molecule has 3 nitrogen and oxygen atoms in total. The molecule has 1 aromatic heterocycles. The summed E-state index contributed by atoms with van der Waals surface area (Å²) in [5.41, 5.74) is 0.987. The number of fused-ring (bicyclic) bond motifs is 1. The zero-order chi connectivity index (χ0) is 9.80. The van der Waals surface area contributed by atoms with E-state index in [1.165, 1.54) is 6.40 Å². The van der Waals surface area contributed by atoms with Crippen LogP contribution in [0.4, 0.5) is 5.13 Å². The third kappa shape index (κ3) is 1.90. The summed E-state index contributed by atoms with van der Waals surface area (Å²) in [5, 5.41) is 0.736. The van der Waals surface area contributed by atoms with E-state index in [0.29, 0.717) is 6.61 Å². The third-order valence-electron chi connectivity index (χ3n) is 1.69. The van der Waals surface area contributed by atoms with Crippen molar-refractivity contribution in [3.8, 4) is 0 Å². The van der Waals surface area contributed by atoms with Crippen molar-refractivity contribution in [2.75, 3.05) is 6.61 Å². The van der Waals surface area contributed by atoms with E-state index in [4.69, 9.17) is 4.74 Å². The van der Waals surface area contributed by atoms with E-state index >= 15 is 0 Å². The highest BCUT2D eigenvalue weighted by molar-refractivity contribution is 7.21. The second-order valence-electron chi connectivity index (χ2n) is 2.65. The van der Waals surface area contributed by atoms with Crippen molar-refractivity contribution in [1.29, 1.82) is 0 Å². The molecular weight excluding hydrogens is 196 g/mol. The van der Waals surface area contributed by atoms with E-state index in [1.54, 1.807) is 11.3 Å². The number of hydrogen-bond donors (Lipinski definition) is 0. The van der Waals surface area contributed by atoms with Crippen LogP contribution in [-0.4, -0.2) is 18.0 Å². The molecule has 0 spiro atoms. The van der Waals surface area contributed by atoms with Gasteiger partial charge in [0.25, 0.3) is 0 Å². The number of nitrogens with zero attached hydrogens (tertiary/aromatic N) is 2. The number of rotatable bonds is 3. The highest BCUT2D eigenvalue weighted by atomic mass is 32.1. The van der Waals surface area contributed by atoms with Gasteiger partial charge in [0.05, 0.1) is 16.8 Å². The number of benzene rings is 1. The van der Waals surface area contributed by atoms with Crippen molar-refractivity contribution in [1.82, 2.24) is 4.98 Å². The van der Waals surface area contributed by atoms with Crippen LogP contribution in [0.25, 0.3) is 10.2 Å². The summed E-state index contributed by atoms with van der Waals surface area (Å²) >= 11 is 1.56. The number of aliphatic imine (C=N–C) groups is 1. The quantitative estimate of drug-likeness (QED) is 0.571. The molecule has 0 aliphatic heterocycles. The van der Waals surface area contributed by atoms with E-state index in [9.17, 15) is 0 Å². The van der Waals surface area contributed by atoms with Crippen LogP contribution in [0.15, 0.2) is 29.3 Å². The molecule has 0 aliphatic carbocycles. The fourth-order valence-electron chi connectivity index (χ4n) is 1.07. The molecule has 1 heterocycles. The van der Waals surface area contributed by atoms with Crippen molar-refractivity contribution in [3.63, 3.8) is 0 Å². The molecule has 0 saturated carbocycles. The molecule has 4 heteroatoms. The summed E-state index contributed by atoms with van der Waals surface area (Å²) in [6.45, 7) is 2.55. The lowest BCUT2D eigenvalue weighted by molar-refractivity contribution is 0.344. The molecule has 0 bridgehead atoms. The molecule has 1 aromatic carbocycles. The minimum Gasteiger partial charge on any atom is -0.483 e. The molecule has 14 heavy (non-hydrogen) atoms. The molecule has 0 atom stereocenters. The predicted octanol–water partition coefficient (Wildman–Crippen LogP) is 2.99. The minimum absolute atomic E-state index is 0.633. The Bertz CT molecular complexity index is 417. The van der Waals surface area contributed by atoms with Crippen LogP contribution < -0.4 is 0 Å². The van der Waals surface area contributed by atoms with E-state index in [0.717, 1.165) is 15.3 Å². The van der Waals surface area contributed by atoms with Crippen LogP contribution in [0.5, 0.6) is 0 Å². The molecule has 0 aliphatic rings. The van der Waals surface area contributed by atoms with Gasteiger partial charge < -0.3 is 4.74 Å². The van der Waals surface area contributed by atoms with Gasteiger partial charge in [0.2, 0.25) is 5.13 Å². The maximum absolute atomic E-state index is 5.01. The van der Waals surface area contributed by atoms with Crippen LogP contribution in [-0.2, 0) is 4.74 Å². The zero-order valence-electron chi connectivity index (χ0n) is 7.80. The second kappa shape index (κ2) is 4.19. The van der Waals surface area contributed by atoms with Gasteiger partial charge in [-0.15, -0.1) is 0 Å². The Morgan fingerprint density at radius 2 is 2.36 bits per heavy atom. The van der Waals surface area contributed by atoms with Crippen LogP contribution >= 0.6 is 11.3 Å². The van der Waals surface area contributed by atoms with Gasteiger partial charge in [-0.2, -0.15) is 4.99 Å². The monoisotopic (exact) mass is 206 g/mol. The number of hydrogen-bond acceptors (Lipinski definition) is 4. The van der Waals surface area contributed by atoms with Gasteiger partial charge in [-0.25, -0.2) is 4.98 Å². The average molecular weight is 206 g/mol. The number of thiazole rings is 1. The lowest BCUT2D eigenvalue weighted by atomic mass is 10.3. The molecule has 2 aromatic rings. The third-order valence-corrected chi connectivity index (χ3v) is 2.63. The first-order valence-electron chi connectivity index (χ1n) is 4.40. The lowest BCUT2D eigenvalue weighted by Gasteiger charge is -1.88. The fourth-order valence-corrected chi connectivity index (χ4v) is 1.87. The largest absolute Gasteiger partial charge is 0.483 e. The van der Waals surface area contributed by atoms with E-state index in [-0.39, 0.29) is 0 Å². The predicted molar refractivity (Wildman–Crippen MR) is 59.4 cm³/mol. The van der Waals surface area contributed by atoms with Crippen molar-refractivity contribution >= 4 is 33.1 Å². The van der Waals surface area contributed by atoms with Crippen LogP contribution in [0.3, 0.4) is 0 Å². The molecular formula is C10H10N2OS. The topological polar surface area (TPSA) is 34.5 Å².